The predicted octanol–water partition coefficient (Wildman–Crippen LogP) is 3.25. The second-order valence-corrected chi connectivity index (χ2v) is 6.52. The number of amides is 1. The molecule has 0 N–H and O–H groups in total. The first-order valence-corrected chi connectivity index (χ1v) is 8.25. The lowest BCUT2D eigenvalue weighted by Gasteiger charge is -2.36. The lowest BCUT2D eigenvalue weighted by atomic mass is 10.1. The third-order valence-corrected chi connectivity index (χ3v) is 4.47. The summed E-state index contributed by atoms with van der Waals surface area (Å²) in [5.41, 5.74) is 1.99. The van der Waals surface area contributed by atoms with Crippen LogP contribution in [0.2, 0.25) is 0 Å². The molecule has 1 aliphatic rings. The molecule has 0 atom stereocenters. The summed E-state index contributed by atoms with van der Waals surface area (Å²) in [5, 5.41) is 0. The SMILES string of the molecule is Cc1ccc(C(=O)N2CCN(c3cncc(Br)c3)CC2)cc1F. The van der Waals surface area contributed by atoms with E-state index in [2.05, 4.69) is 25.8 Å². The van der Waals surface area contributed by atoms with Crippen molar-refractivity contribution in [3.05, 3.63) is 58.1 Å². The smallest absolute Gasteiger partial charge is 0.254 e. The van der Waals surface area contributed by atoms with Crippen molar-refractivity contribution in [2.45, 2.75) is 6.92 Å². The number of aromatic nitrogens is 1. The molecular weight excluding hydrogens is 361 g/mol. The van der Waals surface area contributed by atoms with Crippen LogP contribution in [0.4, 0.5) is 10.1 Å². The van der Waals surface area contributed by atoms with Crippen LogP contribution in [0.5, 0.6) is 0 Å². The maximum absolute atomic E-state index is 13.6. The molecule has 0 unspecified atom stereocenters. The van der Waals surface area contributed by atoms with Crippen LogP contribution >= 0.6 is 15.9 Å². The average Bonchev–Trinajstić information content (AvgIpc) is 2.57. The fourth-order valence-corrected chi connectivity index (χ4v) is 3.00. The van der Waals surface area contributed by atoms with Crippen LogP contribution in [0.25, 0.3) is 0 Å². The standard InChI is InChI=1S/C17H17BrFN3O/c1-12-2-3-13(8-16(12)19)17(23)22-6-4-21(5-7-22)15-9-14(18)10-20-11-15/h2-3,8-11H,4-7H2,1H3. The Kier molecular flexibility index (Phi) is 4.61. The van der Waals surface area contributed by atoms with Crippen LogP contribution in [0.3, 0.4) is 0 Å². The number of hydrogen-bond donors (Lipinski definition) is 0. The average molecular weight is 378 g/mol. The number of carbonyl (C=O) groups is 1. The Morgan fingerprint density at radius 1 is 1.17 bits per heavy atom. The molecule has 23 heavy (non-hydrogen) atoms. The van der Waals surface area contributed by atoms with Crippen molar-refractivity contribution in [2.75, 3.05) is 31.1 Å². The van der Waals surface area contributed by atoms with Gasteiger partial charge in [-0.25, -0.2) is 4.39 Å². The second kappa shape index (κ2) is 6.66. The number of halogens is 2. The van der Waals surface area contributed by atoms with Gasteiger partial charge < -0.3 is 9.80 Å². The van der Waals surface area contributed by atoms with Crippen LogP contribution in [-0.2, 0) is 0 Å². The summed E-state index contributed by atoms with van der Waals surface area (Å²) in [5.74, 6) is -0.453. The van der Waals surface area contributed by atoms with E-state index in [1.165, 1.54) is 6.07 Å². The van der Waals surface area contributed by atoms with Crippen molar-refractivity contribution < 1.29 is 9.18 Å². The lowest BCUT2D eigenvalue weighted by Crippen LogP contribution is -2.48. The van der Waals surface area contributed by atoms with Gasteiger partial charge >= 0.3 is 0 Å². The van der Waals surface area contributed by atoms with E-state index in [0.29, 0.717) is 24.2 Å². The number of anilines is 1. The summed E-state index contributed by atoms with van der Waals surface area (Å²) >= 11 is 3.42. The summed E-state index contributed by atoms with van der Waals surface area (Å²) in [6.45, 7) is 4.38. The fourth-order valence-electron chi connectivity index (χ4n) is 2.65. The summed E-state index contributed by atoms with van der Waals surface area (Å²) in [7, 11) is 0. The molecule has 0 aliphatic carbocycles. The van der Waals surface area contributed by atoms with E-state index in [9.17, 15) is 9.18 Å². The summed E-state index contributed by atoms with van der Waals surface area (Å²) in [4.78, 5) is 20.6. The maximum atomic E-state index is 13.6. The van der Waals surface area contributed by atoms with E-state index in [1.54, 1.807) is 30.2 Å². The quantitative estimate of drug-likeness (QED) is 0.805. The molecule has 0 radical (unpaired) electrons. The molecule has 2 heterocycles. The number of benzene rings is 1. The molecule has 1 aromatic heterocycles. The van der Waals surface area contributed by atoms with Gasteiger partial charge in [-0.05, 0) is 46.6 Å². The highest BCUT2D eigenvalue weighted by Gasteiger charge is 2.23. The largest absolute Gasteiger partial charge is 0.367 e. The summed E-state index contributed by atoms with van der Waals surface area (Å²) in [6, 6.07) is 6.67. The summed E-state index contributed by atoms with van der Waals surface area (Å²) in [6.07, 6.45) is 3.56. The highest BCUT2D eigenvalue weighted by atomic mass is 79.9. The Morgan fingerprint density at radius 3 is 2.57 bits per heavy atom. The molecule has 3 rings (SSSR count). The normalized spacial score (nSPS) is 14.9. The van der Waals surface area contributed by atoms with Crippen molar-refractivity contribution in [2.24, 2.45) is 0 Å². The fraction of sp³-hybridized carbons (Fsp3) is 0.294. The lowest BCUT2D eigenvalue weighted by molar-refractivity contribution is 0.0746. The van der Waals surface area contributed by atoms with E-state index in [1.807, 2.05) is 12.3 Å². The second-order valence-electron chi connectivity index (χ2n) is 5.60. The van der Waals surface area contributed by atoms with Gasteiger partial charge in [-0.3, -0.25) is 9.78 Å². The van der Waals surface area contributed by atoms with Gasteiger partial charge in [0.15, 0.2) is 0 Å². The van der Waals surface area contributed by atoms with Crippen LogP contribution in [0.15, 0.2) is 41.1 Å². The Labute approximate surface area is 143 Å². The number of carbonyl (C=O) groups excluding carboxylic acids is 1. The minimum absolute atomic E-state index is 0.115. The molecule has 1 fully saturated rings. The van der Waals surface area contributed by atoms with Crippen molar-refractivity contribution in [3.8, 4) is 0 Å². The minimum Gasteiger partial charge on any atom is -0.367 e. The Balaban J connectivity index is 1.66. The Bertz CT molecular complexity index is 730. The van der Waals surface area contributed by atoms with E-state index < -0.39 is 0 Å². The molecule has 0 bridgehead atoms. The molecule has 120 valence electrons. The molecule has 2 aromatic rings. The molecule has 0 spiro atoms. The van der Waals surface area contributed by atoms with Gasteiger partial charge in [0, 0.05) is 42.4 Å². The molecule has 1 aromatic carbocycles. The topological polar surface area (TPSA) is 36.4 Å². The zero-order valence-electron chi connectivity index (χ0n) is 12.8. The first-order chi connectivity index (χ1) is 11.0. The molecular formula is C17H17BrFN3O. The number of hydrogen-bond acceptors (Lipinski definition) is 3. The minimum atomic E-state index is -0.338. The number of pyridine rings is 1. The maximum Gasteiger partial charge on any atom is 0.254 e. The zero-order valence-corrected chi connectivity index (χ0v) is 14.4. The van der Waals surface area contributed by atoms with E-state index in [0.717, 1.165) is 23.2 Å². The van der Waals surface area contributed by atoms with E-state index in [4.69, 9.17) is 0 Å². The highest BCUT2D eigenvalue weighted by Crippen LogP contribution is 2.20. The highest BCUT2D eigenvalue weighted by molar-refractivity contribution is 9.10. The van der Waals surface area contributed by atoms with Crippen LogP contribution < -0.4 is 4.90 Å². The van der Waals surface area contributed by atoms with Gasteiger partial charge in [0.2, 0.25) is 0 Å². The van der Waals surface area contributed by atoms with E-state index in [-0.39, 0.29) is 11.7 Å². The number of aryl methyl sites for hydroxylation is 1. The molecule has 4 nitrogen and oxygen atoms in total. The predicted molar refractivity (Wildman–Crippen MR) is 91.2 cm³/mol. The third-order valence-electron chi connectivity index (χ3n) is 4.04. The van der Waals surface area contributed by atoms with E-state index >= 15 is 0 Å². The van der Waals surface area contributed by atoms with Crippen molar-refractivity contribution in [3.63, 3.8) is 0 Å². The van der Waals surface area contributed by atoms with Crippen molar-refractivity contribution >= 4 is 27.5 Å². The molecule has 0 saturated carbocycles. The first-order valence-electron chi connectivity index (χ1n) is 7.45. The summed E-state index contributed by atoms with van der Waals surface area (Å²) < 4.78 is 14.6. The van der Waals surface area contributed by atoms with Gasteiger partial charge in [0.25, 0.3) is 5.91 Å². The van der Waals surface area contributed by atoms with Gasteiger partial charge in [0.1, 0.15) is 5.82 Å². The van der Waals surface area contributed by atoms with Crippen LogP contribution in [0.1, 0.15) is 15.9 Å². The van der Waals surface area contributed by atoms with Gasteiger partial charge in [-0.15, -0.1) is 0 Å². The Morgan fingerprint density at radius 2 is 1.91 bits per heavy atom. The van der Waals surface area contributed by atoms with Gasteiger partial charge in [-0.2, -0.15) is 0 Å². The molecule has 1 aliphatic heterocycles. The van der Waals surface area contributed by atoms with Crippen molar-refractivity contribution in [1.29, 1.82) is 0 Å². The number of nitrogens with zero attached hydrogens (tertiary/aromatic N) is 3. The third kappa shape index (κ3) is 3.52. The van der Waals surface area contributed by atoms with Crippen LogP contribution in [-0.4, -0.2) is 42.0 Å². The van der Waals surface area contributed by atoms with Gasteiger partial charge in [0.05, 0.1) is 11.9 Å². The van der Waals surface area contributed by atoms with Gasteiger partial charge in [-0.1, -0.05) is 6.07 Å². The zero-order chi connectivity index (χ0) is 16.4. The van der Waals surface area contributed by atoms with Crippen molar-refractivity contribution in [1.82, 2.24) is 9.88 Å². The molecule has 1 amide bonds. The van der Waals surface area contributed by atoms with Crippen LogP contribution in [0, 0.1) is 12.7 Å². The monoisotopic (exact) mass is 377 g/mol. The molecule has 6 heteroatoms. The first kappa shape index (κ1) is 15.9. The number of piperazine rings is 1. The molecule has 1 saturated heterocycles. The number of rotatable bonds is 2. The Hall–Kier alpha value is -1.95.